The van der Waals surface area contributed by atoms with Crippen LogP contribution >= 0.6 is 34.8 Å². The SMILES string of the molecule is CC(c1ccccc1)N(C)CC1CC(c2ccc(CO)cc2)OC(c2ccc(CNC(=O)C(Cl)(Cl)Cl)cc2)O1. The molecule has 1 aliphatic rings. The quantitative estimate of drug-likeness (QED) is 0.282. The molecule has 3 aromatic carbocycles. The van der Waals surface area contributed by atoms with Crippen molar-refractivity contribution in [3.8, 4) is 0 Å². The zero-order valence-corrected chi connectivity index (χ0v) is 24.2. The number of carbonyl (C=O) groups excluding carboxylic acids is 1. The van der Waals surface area contributed by atoms with Gasteiger partial charge in [0.1, 0.15) is 0 Å². The summed E-state index contributed by atoms with van der Waals surface area (Å²) in [5.74, 6) is -0.678. The molecule has 1 fully saturated rings. The van der Waals surface area contributed by atoms with Gasteiger partial charge in [0.15, 0.2) is 6.29 Å². The van der Waals surface area contributed by atoms with E-state index in [1.54, 1.807) is 0 Å². The molecule has 0 aliphatic carbocycles. The summed E-state index contributed by atoms with van der Waals surface area (Å²) in [4.78, 5) is 14.2. The third-order valence-corrected chi connectivity index (χ3v) is 7.53. The van der Waals surface area contributed by atoms with Crippen LogP contribution in [0.2, 0.25) is 0 Å². The molecular formula is C30H33Cl3N2O4. The average Bonchev–Trinajstić information content (AvgIpc) is 2.95. The van der Waals surface area contributed by atoms with Gasteiger partial charge in [-0.2, -0.15) is 0 Å². The molecule has 0 radical (unpaired) electrons. The molecule has 1 heterocycles. The van der Waals surface area contributed by atoms with Gasteiger partial charge >= 0.3 is 0 Å². The summed E-state index contributed by atoms with van der Waals surface area (Å²) in [6.07, 6.45) is -0.130. The Morgan fingerprint density at radius 2 is 1.59 bits per heavy atom. The van der Waals surface area contributed by atoms with E-state index in [0.717, 1.165) is 28.8 Å². The minimum atomic E-state index is -2.01. The number of aliphatic hydroxyl groups is 1. The Hall–Kier alpha value is -2.16. The summed E-state index contributed by atoms with van der Waals surface area (Å²) >= 11 is 16.9. The monoisotopic (exact) mass is 590 g/mol. The molecule has 39 heavy (non-hydrogen) atoms. The Morgan fingerprint density at radius 1 is 0.974 bits per heavy atom. The van der Waals surface area contributed by atoms with Crippen LogP contribution in [0.3, 0.4) is 0 Å². The van der Waals surface area contributed by atoms with Crippen molar-refractivity contribution in [3.05, 3.63) is 107 Å². The predicted molar refractivity (Wildman–Crippen MR) is 154 cm³/mol. The van der Waals surface area contributed by atoms with Crippen LogP contribution in [0.4, 0.5) is 0 Å². The van der Waals surface area contributed by atoms with Gasteiger partial charge in [0.05, 0.1) is 18.8 Å². The van der Waals surface area contributed by atoms with Crippen LogP contribution in [0.15, 0.2) is 78.9 Å². The van der Waals surface area contributed by atoms with Crippen molar-refractivity contribution in [1.29, 1.82) is 0 Å². The molecule has 0 bridgehead atoms. The highest BCUT2D eigenvalue weighted by Gasteiger charge is 2.34. The van der Waals surface area contributed by atoms with Crippen molar-refractivity contribution in [2.24, 2.45) is 0 Å². The molecule has 4 atom stereocenters. The van der Waals surface area contributed by atoms with E-state index in [1.807, 2.05) is 54.6 Å². The highest BCUT2D eigenvalue weighted by atomic mass is 35.6. The third-order valence-electron chi connectivity index (χ3n) is 7.01. The first-order valence-electron chi connectivity index (χ1n) is 12.8. The van der Waals surface area contributed by atoms with Crippen molar-refractivity contribution in [3.63, 3.8) is 0 Å². The van der Waals surface area contributed by atoms with Crippen LogP contribution in [0, 0.1) is 0 Å². The maximum atomic E-state index is 11.9. The lowest BCUT2D eigenvalue weighted by molar-refractivity contribution is -0.253. The Kier molecular flexibility index (Phi) is 10.3. The number of benzene rings is 3. The minimum Gasteiger partial charge on any atom is -0.392 e. The number of nitrogens with zero attached hydrogens (tertiary/aromatic N) is 1. The first-order chi connectivity index (χ1) is 18.6. The second kappa shape index (κ2) is 13.5. The van der Waals surface area contributed by atoms with E-state index in [-0.39, 0.29) is 31.4 Å². The van der Waals surface area contributed by atoms with E-state index in [9.17, 15) is 9.90 Å². The summed E-state index contributed by atoms with van der Waals surface area (Å²) in [7, 11) is 2.11. The molecule has 1 aliphatic heterocycles. The largest absolute Gasteiger partial charge is 0.392 e. The maximum absolute atomic E-state index is 11.9. The Labute approximate surface area is 244 Å². The topological polar surface area (TPSA) is 71.0 Å². The standard InChI is InChI=1S/C30H33Cl3N2O4/c1-20(23-6-4-3-5-7-23)35(2)18-26-16-27(24-12-10-22(19-36)11-13-24)39-28(38-26)25-14-8-21(9-15-25)17-34-29(37)30(31,32)33/h3-15,20,26-28,36H,16-19H2,1-2H3,(H,34,37). The van der Waals surface area contributed by atoms with Gasteiger partial charge in [-0.1, -0.05) is 114 Å². The molecule has 1 saturated heterocycles. The van der Waals surface area contributed by atoms with Crippen molar-refractivity contribution in [2.75, 3.05) is 13.6 Å². The van der Waals surface area contributed by atoms with Crippen LogP contribution in [0.1, 0.15) is 59.6 Å². The lowest BCUT2D eigenvalue weighted by Crippen LogP contribution is -2.38. The van der Waals surface area contributed by atoms with Crippen LogP contribution in [0.5, 0.6) is 0 Å². The molecule has 4 rings (SSSR count). The molecule has 208 valence electrons. The molecule has 0 aromatic heterocycles. The van der Waals surface area contributed by atoms with Gasteiger partial charge in [0.25, 0.3) is 9.70 Å². The van der Waals surface area contributed by atoms with Crippen LogP contribution in [0.25, 0.3) is 0 Å². The van der Waals surface area contributed by atoms with Gasteiger partial charge in [-0.3, -0.25) is 9.69 Å². The minimum absolute atomic E-state index is 0.00318. The predicted octanol–water partition coefficient (Wildman–Crippen LogP) is 6.40. The number of alkyl halides is 3. The average molecular weight is 592 g/mol. The third kappa shape index (κ3) is 8.18. The fraction of sp³-hybridized carbons (Fsp3) is 0.367. The summed E-state index contributed by atoms with van der Waals surface area (Å²) in [5.41, 5.74) is 4.85. The lowest BCUT2D eigenvalue weighted by atomic mass is 9.99. The number of carbonyl (C=O) groups is 1. The number of likely N-dealkylation sites (N-methyl/N-ethyl adjacent to an activating group) is 1. The van der Waals surface area contributed by atoms with Gasteiger partial charge < -0.3 is 19.9 Å². The summed E-state index contributed by atoms with van der Waals surface area (Å²) in [5, 5.41) is 12.1. The number of amides is 1. The molecule has 6 nitrogen and oxygen atoms in total. The van der Waals surface area contributed by atoms with E-state index in [2.05, 4.69) is 48.5 Å². The molecule has 1 amide bonds. The van der Waals surface area contributed by atoms with E-state index in [1.165, 1.54) is 5.56 Å². The number of hydrogen-bond acceptors (Lipinski definition) is 5. The van der Waals surface area contributed by atoms with Gasteiger partial charge in [-0.25, -0.2) is 0 Å². The van der Waals surface area contributed by atoms with Gasteiger partial charge in [0, 0.05) is 31.1 Å². The number of hydrogen-bond donors (Lipinski definition) is 2. The highest BCUT2D eigenvalue weighted by Crippen LogP contribution is 2.38. The number of halogens is 3. The van der Waals surface area contributed by atoms with Crippen molar-refractivity contribution >= 4 is 40.7 Å². The van der Waals surface area contributed by atoms with Crippen LogP contribution in [-0.2, 0) is 27.4 Å². The van der Waals surface area contributed by atoms with Gasteiger partial charge in [-0.05, 0) is 36.2 Å². The molecule has 0 saturated carbocycles. The zero-order valence-electron chi connectivity index (χ0n) is 21.9. The zero-order chi connectivity index (χ0) is 28.0. The first-order valence-corrected chi connectivity index (χ1v) is 14.0. The first kappa shape index (κ1) is 29.8. The molecule has 0 spiro atoms. The fourth-order valence-electron chi connectivity index (χ4n) is 4.57. The fourth-order valence-corrected chi connectivity index (χ4v) is 4.77. The van der Waals surface area contributed by atoms with E-state index in [4.69, 9.17) is 44.3 Å². The van der Waals surface area contributed by atoms with Crippen LogP contribution in [-0.4, -0.2) is 39.4 Å². The maximum Gasteiger partial charge on any atom is 0.272 e. The lowest BCUT2D eigenvalue weighted by Gasteiger charge is -2.39. The van der Waals surface area contributed by atoms with E-state index in [0.29, 0.717) is 6.42 Å². The smallest absolute Gasteiger partial charge is 0.272 e. The summed E-state index contributed by atoms with van der Waals surface area (Å²) < 4.78 is 10.9. The Morgan fingerprint density at radius 3 is 2.21 bits per heavy atom. The molecular weight excluding hydrogens is 559 g/mol. The van der Waals surface area contributed by atoms with Crippen molar-refractivity contribution in [2.45, 2.75) is 54.8 Å². The number of aliphatic hydroxyl groups excluding tert-OH is 1. The normalized spacial score (nSPS) is 20.5. The Balaban J connectivity index is 1.49. The summed E-state index contributed by atoms with van der Waals surface area (Å²) in [6, 6.07) is 26.1. The number of rotatable bonds is 9. The Bertz CT molecular complexity index is 1200. The second-order valence-corrected chi connectivity index (χ2v) is 12.1. The number of ether oxygens (including phenoxy) is 2. The number of nitrogens with one attached hydrogen (secondary N) is 1. The van der Waals surface area contributed by atoms with E-state index < -0.39 is 16.0 Å². The second-order valence-electron chi connectivity index (χ2n) is 9.80. The molecule has 2 N–H and O–H groups in total. The van der Waals surface area contributed by atoms with Gasteiger partial charge in [-0.15, -0.1) is 0 Å². The van der Waals surface area contributed by atoms with Crippen molar-refractivity contribution < 1.29 is 19.4 Å². The molecule has 4 unspecified atom stereocenters. The van der Waals surface area contributed by atoms with Gasteiger partial charge in [0.2, 0.25) is 0 Å². The van der Waals surface area contributed by atoms with Crippen LogP contribution < -0.4 is 5.32 Å². The highest BCUT2D eigenvalue weighted by molar-refractivity contribution is 6.76. The molecule has 9 heteroatoms. The van der Waals surface area contributed by atoms with E-state index >= 15 is 0 Å². The molecule has 3 aromatic rings. The van der Waals surface area contributed by atoms with Crippen molar-refractivity contribution in [1.82, 2.24) is 10.2 Å². The summed E-state index contributed by atoms with van der Waals surface area (Å²) in [6.45, 7) is 3.14.